The van der Waals surface area contributed by atoms with E-state index in [9.17, 15) is 31.4 Å². The number of aliphatic hydroxyl groups is 1. The van der Waals surface area contributed by atoms with Gasteiger partial charge in [-0.2, -0.15) is 26.3 Å². The predicted molar refractivity (Wildman–Crippen MR) is 116 cm³/mol. The highest BCUT2D eigenvalue weighted by molar-refractivity contribution is 5.61. The van der Waals surface area contributed by atoms with Crippen LogP contribution in [0.1, 0.15) is 68.9 Å². The third kappa shape index (κ3) is 8.30. The number of halogens is 6. The number of pyridine rings is 1. The molecule has 0 spiro atoms. The smallest absolute Gasteiger partial charge is 0.388 e. The molecule has 1 N–H and O–H groups in total. The van der Waals surface area contributed by atoms with Crippen molar-refractivity contribution in [1.29, 1.82) is 0 Å². The Kier molecular flexibility index (Phi) is 9.72. The van der Waals surface area contributed by atoms with Crippen molar-refractivity contribution in [3.63, 3.8) is 0 Å². The molecule has 2 rings (SSSR count). The zero-order valence-electron chi connectivity index (χ0n) is 18.8. The van der Waals surface area contributed by atoms with E-state index in [-0.39, 0.29) is 23.2 Å². The quantitative estimate of drug-likeness (QED) is 0.351. The van der Waals surface area contributed by atoms with E-state index < -0.39 is 29.7 Å². The van der Waals surface area contributed by atoms with Gasteiger partial charge in [-0.05, 0) is 62.2 Å². The van der Waals surface area contributed by atoms with Crippen molar-refractivity contribution in [1.82, 2.24) is 9.88 Å². The van der Waals surface area contributed by atoms with Gasteiger partial charge in [-0.25, -0.2) is 4.98 Å². The molecule has 0 amide bonds. The van der Waals surface area contributed by atoms with E-state index in [2.05, 4.69) is 23.7 Å². The van der Waals surface area contributed by atoms with Gasteiger partial charge < -0.3 is 10.0 Å². The number of benzene rings is 1. The largest absolute Gasteiger partial charge is 0.433 e. The van der Waals surface area contributed by atoms with Crippen LogP contribution in [0.4, 0.5) is 26.3 Å². The Morgan fingerprint density at radius 1 is 0.848 bits per heavy atom. The second-order valence-electron chi connectivity index (χ2n) is 8.10. The van der Waals surface area contributed by atoms with Crippen molar-refractivity contribution in [2.75, 3.05) is 19.6 Å². The Hall–Kier alpha value is -2.13. The van der Waals surface area contributed by atoms with E-state index in [0.717, 1.165) is 69.1 Å². The first-order valence-corrected chi connectivity index (χ1v) is 11.1. The van der Waals surface area contributed by atoms with E-state index in [1.807, 2.05) is 0 Å². The first-order valence-electron chi connectivity index (χ1n) is 11.1. The second-order valence-corrected chi connectivity index (χ2v) is 8.10. The van der Waals surface area contributed by atoms with Gasteiger partial charge in [-0.15, -0.1) is 0 Å². The fourth-order valence-corrected chi connectivity index (χ4v) is 3.44. The predicted octanol–water partition coefficient (Wildman–Crippen LogP) is 7.11. The summed E-state index contributed by atoms with van der Waals surface area (Å²) in [6.45, 7) is 6.38. The molecule has 0 aliphatic carbocycles. The third-order valence-corrected chi connectivity index (χ3v) is 5.41. The van der Waals surface area contributed by atoms with E-state index in [4.69, 9.17) is 0 Å². The number of aromatic nitrogens is 1. The number of alkyl halides is 6. The number of rotatable bonds is 11. The van der Waals surface area contributed by atoms with Crippen molar-refractivity contribution in [2.45, 2.75) is 64.4 Å². The van der Waals surface area contributed by atoms with Crippen LogP contribution >= 0.6 is 0 Å². The molecule has 1 heterocycles. The number of nitrogens with zero attached hydrogens (tertiary/aromatic N) is 2. The minimum Gasteiger partial charge on any atom is -0.388 e. The number of hydrogen-bond donors (Lipinski definition) is 1. The van der Waals surface area contributed by atoms with Crippen molar-refractivity contribution in [3.05, 3.63) is 53.2 Å². The molecule has 0 aliphatic heterocycles. The van der Waals surface area contributed by atoms with Gasteiger partial charge in [0.25, 0.3) is 0 Å². The van der Waals surface area contributed by atoms with Gasteiger partial charge >= 0.3 is 12.4 Å². The summed E-state index contributed by atoms with van der Waals surface area (Å²) >= 11 is 0. The Morgan fingerprint density at radius 2 is 1.42 bits per heavy atom. The van der Waals surface area contributed by atoms with Gasteiger partial charge in [-0.1, -0.05) is 38.8 Å². The van der Waals surface area contributed by atoms with Crippen LogP contribution in [0.25, 0.3) is 11.3 Å². The fourth-order valence-electron chi connectivity index (χ4n) is 3.44. The molecule has 9 heteroatoms. The normalized spacial score (nSPS) is 13.5. The summed E-state index contributed by atoms with van der Waals surface area (Å²) in [5.74, 6) is 0. The minimum absolute atomic E-state index is 0.0400. The molecule has 0 fully saturated rings. The maximum atomic E-state index is 13.4. The Labute approximate surface area is 190 Å². The topological polar surface area (TPSA) is 36.4 Å². The number of unbranched alkanes of at least 4 members (excludes halogenated alkanes) is 2. The van der Waals surface area contributed by atoms with Crippen molar-refractivity contribution in [2.24, 2.45) is 0 Å². The summed E-state index contributed by atoms with van der Waals surface area (Å²) in [7, 11) is 0. The first-order chi connectivity index (χ1) is 15.5. The molecule has 0 saturated carbocycles. The maximum Gasteiger partial charge on any atom is 0.433 e. The third-order valence-electron chi connectivity index (χ3n) is 5.41. The van der Waals surface area contributed by atoms with Crippen LogP contribution in [0.5, 0.6) is 0 Å². The fraction of sp³-hybridized carbons (Fsp3) is 0.542. The van der Waals surface area contributed by atoms with Crippen LogP contribution in [0, 0.1) is 0 Å². The van der Waals surface area contributed by atoms with Gasteiger partial charge in [0, 0.05) is 12.1 Å². The standard InChI is InChI=1S/C24H30F6N2O/c1-3-5-12-32(13-6-4-2)14-11-21(33)18-15-20(31-22(16-18)24(28,29)30)17-7-9-19(10-8-17)23(25,26)27/h7-10,15-16,21,33H,3-6,11-14H2,1-2H3/t21-/m1/s1. The first kappa shape index (κ1) is 27.1. The van der Waals surface area contributed by atoms with Gasteiger partial charge in [0.15, 0.2) is 0 Å². The molecule has 184 valence electrons. The molecule has 0 bridgehead atoms. The van der Waals surface area contributed by atoms with Crippen molar-refractivity contribution >= 4 is 0 Å². The molecule has 0 radical (unpaired) electrons. The van der Waals surface area contributed by atoms with E-state index >= 15 is 0 Å². The van der Waals surface area contributed by atoms with E-state index in [1.165, 1.54) is 6.07 Å². The summed E-state index contributed by atoms with van der Waals surface area (Å²) < 4.78 is 78.8. The molecule has 33 heavy (non-hydrogen) atoms. The summed E-state index contributed by atoms with van der Waals surface area (Å²) in [6.07, 6.45) is -6.22. The zero-order valence-corrected chi connectivity index (χ0v) is 18.8. The van der Waals surface area contributed by atoms with Crippen LogP contribution in [0.3, 0.4) is 0 Å². The molecule has 1 atom stereocenters. The highest BCUT2D eigenvalue weighted by atomic mass is 19.4. The lowest BCUT2D eigenvalue weighted by Gasteiger charge is -2.24. The molecule has 0 unspecified atom stereocenters. The molecule has 2 aromatic rings. The number of aliphatic hydroxyl groups excluding tert-OH is 1. The van der Waals surface area contributed by atoms with E-state index in [1.54, 1.807) is 0 Å². The maximum absolute atomic E-state index is 13.4. The van der Waals surface area contributed by atoms with Crippen LogP contribution < -0.4 is 0 Å². The van der Waals surface area contributed by atoms with Gasteiger partial charge in [0.1, 0.15) is 5.69 Å². The Balaban J connectivity index is 2.28. The summed E-state index contributed by atoms with van der Waals surface area (Å²) in [4.78, 5) is 5.79. The number of hydrogen-bond acceptors (Lipinski definition) is 3. The SMILES string of the molecule is CCCCN(CCCC)CC[C@@H](O)c1cc(-c2ccc(C(F)(F)F)cc2)nc(C(F)(F)F)c1. The molecular formula is C24H30F6N2O. The highest BCUT2D eigenvalue weighted by Gasteiger charge is 2.34. The van der Waals surface area contributed by atoms with Crippen LogP contribution in [0.15, 0.2) is 36.4 Å². The van der Waals surface area contributed by atoms with Gasteiger partial charge in [-0.3, -0.25) is 0 Å². The molecule has 1 aromatic carbocycles. The second kappa shape index (κ2) is 11.8. The molecule has 0 aliphatic rings. The molecule has 1 aromatic heterocycles. The van der Waals surface area contributed by atoms with Crippen molar-refractivity contribution < 1.29 is 31.4 Å². The van der Waals surface area contributed by atoms with Crippen molar-refractivity contribution in [3.8, 4) is 11.3 Å². The minimum atomic E-state index is -4.76. The Bertz CT molecular complexity index is 857. The summed E-state index contributed by atoms with van der Waals surface area (Å²) in [6, 6.07) is 5.88. The lowest BCUT2D eigenvalue weighted by Crippen LogP contribution is -2.28. The van der Waals surface area contributed by atoms with Crippen LogP contribution in [-0.4, -0.2) is 34.6 Å². The van der Waals surface area contributed by atoms with Crippen LogP contribution in [-0.2, 0) is 12.4 Å². The lowest BCUT2D eigenvalue weighted by atomic mass is 10.0. The zero-order chi connectivity index (χ0) is 24.6. The van der Waals surface area contributed by atoms with Crippen LogP contribution in [0.2, 0.25) is 0 Å². The van der Waals surface area contributed by atoms with E-state index in [0.29, 0.717) is 6.54 Å². The average molecular weight is 477 g/mol. The lowest BCUT2D eigenvalue weighted by molar-refractivity contribution is -0.141. The summed E-state index contributed by atoms with van der Waals surface area (Å²) in [5.41, 5.74) is -2.09. The molecular weight excluding hydrogens is 446 g/mol. The average Bonchev–Trinajstić information content (AvgIpc) is 2.77. The molecule has 3 nitrogen and oxygen atoms in total. The molecule has 0 saturated heterocycles. The summed E-state index contributed by atoms with van der Waals surface area (Å²) in [5, 5.41) is 10.7. The highest BCUT2D eigenvalue weighted by Crippen LogP contribution is 2.34. The Morgan fingerprint density at radius 3 is 1.91 bits per heavy atom. The van der Waals surface area contributed by atoms with Gasteiger partial charge in [0.2, 0.25) is 0 Å². The van der Waals surface area contributed by atoms with Gasteiger partial charge in [0.05, 0.1) is 17.4 Å². The monoisotopic (exact) mass is 476 g/mol.